The number of aliphatic carboxylic acids is 1. The van der Waals surface area contributed by atoms with Gasteiger partial charge in [-0.3, -0.25) is 9.59 Å². The van der Waals surface area contributed by atoms with Crippen molar-refractivity contribution >= 4 is 11.9 Å². The summed E-state index contributed by atoms with van der Waals surface area (Å²) >= 11 is 0. The van der Waals surface area contributed by atoms with Gasteiger partial charge >= 0.3 is 5.97 Å². The molecule has 0 atom stereocenters. The molecule has 5 heteroatoms. The molecule has 0 fully saturated rings. The second-order valence-electron chi connectivity index (χ2n) is 5.75. The van der Waals surface area contributed by atoms with E-state index in [-0.39, 0.29) is 18.9 Å². The number of hydrogen-bond acceptors (Lipinski definition) is 3. The van der Waals surface area contributed by atoms with Crippen LogP contribution in [0.15, 0.2) is 48.5 Å². The SMILES string of the molecule is Cc1cccc(COc2cccc(CC(=O)N(C)CC(=O)O)c2)c1. The smallest absolute Gasteiger partial charge is 0.323 e. The molecule has 5 nitrogen and oxygen atoms in total. The molecule has 126 valence electrons. The standard InChI is InChI=1S/C19H21NO4/c1-14-5-3-7-16(9-14)13-24-17-8-4-6-15(10-17)11-18(21)20(2)12-19(22)23/h3-10H,11-13H2,1-2H3,(H,22,23). The van der Waals surface area contributed by atoms with Crippen LogP contribution < -0.4 is 4.74 Å². The lowest BCUT2D eigenvalue weighted by Gasteiger charge is -2.15. The molecule has 0 saturated heterocycles. The number of carboxylic acid groups (broad SMARTS) is 1. The van der Waals surface area contributed by atoms with Crippen molar-refractivity contribution in [1.82, 2.24) is 4.90 Å². The highest BCUT2D eigenvalue weighted by Crippen LogP contribution is 2.16. The summed E-state index contributed by atoms with van der Waals surface area (Å²) in [6, 6.07) is 15.4. The van der Waals surface area contributed by atoms with Gasteiger partial charge in [-0.05, 0) is 30.2 Å². The molecule has 24 heavy (non-hydrogen) atoms. The van der Waals surface area contributed by atoms with Crippen LogP contribution in [0.3, 0.4) is 0 Å². The van der Waals surface area contributed by atoms with E-state index in [2.05, 4.69) is 6.07 Å². The quantitative estimate of drug-likeness (QED) is 0.849. The molecule has 0 aliphatic rings. The van der Waals surface area contributed by atoms with Crippen LogP contribution in [-0.4, -0.2) is 35.5 Å². The summed E-state index contributed by atoms with van der Waals surface area (Å²) in [5.41, 5.74) is 3.05. The third kappa shape index (κ3) is 5.43. The van der Waals surface area contributed by atoms with Crippen LogP contribution in [-0.2, 0) is 22.6 Å². The van der Waals surface area contributed by atoms with Gasteiger partial charge in [-0.1, -0.05) is 42.0 Å². The molecule has 0 saturated carbocycles. The number of carboxylic acids is 1. The molecular formula is C19H21NO4. The minimum atomic E-state index is -1.03. The van der Waals surface area contributed by atoms with Crippen molar-refractivity contribution in [1.29, 1.82) is 0 Å². The van der Waals surface area contributed by atoms with Crippen LogP contribution in [0.5, 0.6) is 5.75 Å². The number of carbonyl (C=O) groups is 2. The molecular weight excluding hydrogens is 306 g/mol. The monoisotopic (exact) mass is 327 g/mol. The van der Waals surface area contributed by atoms with Crippen LogP contribution in [0, 0.1) is 6.92 Å². The van der Waals surface area contributed by atoms with Crippen molar-refractivity contribution in [3.05, 3.63) is 65.2 Å². The van der Waals surface area contributed by atoms with Crippen LogP contribution in [0.4, 0.5) is 0 Å². The Balaban J connectivity index is 1.96. The Morgan fingerprint density at radius 3 is 2.50 bits per heavy atom. The summed E-state index contributed by atoms with van der Waals surface area (Å²) in [7, 11) is 1.48. The molecule has 1 amide bonds. The van der Waals surface area contributed by atoms with Crippen molar-refractivity contribution in [3.8, 4) is 5.75 Å². The largest absolute Gasteiger partial charge is 0.489 e. The highest BCUT2D eigenvalue weighted by atomic mass is 16.5. The minimum Gasteiger partial charge on any atom is -0.489 e. The first-order chi connectivity index (χ1) is 11.4. The summed E-state index contributed by atoms with van der Waals surface area (Å²) in [5.74, 6) is -0.586. The number of benzene rings is 2. The van der Waals surface area contributed by atoms with E-state index in [9.17, 15) is 9.59 Å². The molecule has 1 N–H and O–H groups in total. The summed E-state index contributed by atoms with van der Waals surface area (Å²) < 4.78 is 5.78. The van der Waals surface area contributed by atoms with Gasteiger partial charge in [-0.15, -0.1) is 0 Å². The fraction of sp³-hybridized carbons (Fsp3) is 0.263. The molecule has 0 bridgehead atoms. The third-order valence-corrected chi connectivity index (χ3v) is 3.54. The van der Waals surface area contributed by atoms with Gasteiger partial charge in [0.1, 0.15) is 18.9 Å². The van der Waals surface area contributed by atoms with Crippen LogP contribution >= 0.6 is 0 Å². The number of carbonyl (C=O) groups excluding carboxylic acids is 1. The van der Waals surface area contributed by atoms with Crippen molar-refractivity contribution < 1.29 is 19.4 Å². The second-order valence-corrected chi connectivity index (χ2v) is 5.75. The minimum absolute atomic E-state index is 0.144. The summed E-state index contributed by atoms with van der Waals surface area (Å²) in [6.45, 7) is 2.18. The molecule has 0 aliphatic heterocycles. The van der Waals surface area contributed by atoms with Gasteiger partial charge < -0.3 is 14.7 Å². The molecule has 0 unspecified atom stereocenters. The topological polar surface area (TPSA) is 66.8 Å². The summed E-state index contributed by atoms with van der Waals surface area (Å²) in [6.07, 6.45) is 0.144. The molecule has 2 rings (SSSR count). The van der Waals surface area contributed by atoms with Gasteiger partial charge in [0.05, 0.1) is 6.42 Å². The predicted octanol–water partition coefficient (Wildman–Crippen LogP) is 2.66. The number of hydrogen-bond donors (Lipinski definition) is 1. The zero-order valence-electron chi connectivity index (χ0n) is 13.9. The van der Waals surface area contributed by atoms with Gasteiger partial charge in [-0.2, -0.15) is 0 Å². The molecule has 0 spiro atoms. The summed E-state index contributed by atoms with van der Waals surface area (Å²) in [5, 5.41) is 8.73. The lowest BCUT2D eigenvalue weighted by Crippen LogP contribution is -2.33. The van der Waals surface area contributed by atoms with E-state index in [4.69, 9.17) is 9.84 Å². The van der Waals surface area contributed by atoms with Gasteiger partial charge in [0, 0.05) is 7.05 Å². The van der Waals surface area contributed by atoms with Crippen LogP contribution in [0.25, 0.3) is 0 Å². The fourth-order valence-corrected chi connectivity index (χ4v) is 2.31. The highest BCUT2D eigenvalue weighted by molar-refractivity contribution is 5.82. The average molecular weight is 327 g/mol. The van der Waals surface area contributed by atoms with Gasteiger partial charge in [0.15, 0.2) is 0 Å². The van der Waals surface area contributed by atoms with Crippen molar-refractivity contribution in [2.24, 2.45) is 0 Å². The van der Waals surface area contributed by atoms with E-state index >= 15 is 0 Å². The van der Waals surface area contributed by atoms with E-state index < -0.39 is 5.97 Å². The third-order valence-electron chi connectivity index (χ3n) is 3.54. The Morgan fingerprint density at radius 1 is 1.08 bits per heavy atom. The van der Waals surface area contributed by atoms with Crippen molar-refractivity contribution in [3.63, 3.8) is 0 Å². The van der Waals surface area contributed by atoms with Gasteiger partial charge in [-0.25, -0.2) is 0 Å². The molecule has 0 radical (unpaired) electrons. The molecule has 0 heterocycles. The first-order valence-electron chi connectivity index (χ1n) is 7.67. The molecule has 2 aromatic rings. The predicted molar refractivity (Wildman–Crippen MR) is 90.9 cm³/mol. The number of nitrogens with zero attached hydrogens (tertiary/aromatic N) is 1. The Hall–Kier alpha value is -2.82. The lowest BCUT2D eigenvalue weighted by atomic mass is 10.1. The molecule has 0 aromatic heterocycles. The van der Waals surface area contributed by atoms with Crippen molar-refractivity contribution in [2.75, 3.05) is 13.6 Å². The van der Waals surface area contributed by atoms with E-state index in [0.29, 0.717) is 12.4 Å². The number of amides is 1. The Bertz CT molecular complexity index is 727. The van der Waals surface area contributed by atoms with E-state index in [0.717, 1.165) is 11.1 Å². The Labute approximate surface area is 141 Å². The first kappa shape index (κ1) is 17.5. The van der Waals surface area contributed by atoms with Crippen LogP contribution in [0.1, 0.15) is 16.7 Å². The van der Waals surface area contributed by atoms with Gasteiger partial charge in [0.25, 0.3) is 0 Å². The lowest BCUT2D eigenvalue weighted by molar-refractivity contribution is -0.143. The molecule has 2 aromatic carbocycles. The number of likely N-dealkylation sites (N-methyl/N-ethyl adjacent to an activating group) is 1. The fourth-order valence-electron chi connectivity index (χ4n) is 2.31. The van der Waals surface area contributed by atoms with E-state index in [1.165, 1.54) is 17.5 Å². The number of ether oxygens (including phenoxy) is 1. The number of aryl methyl sites for hydroxylation is 1. The van der Waals surface area contributed by atoms with Gasteiger partial charge in [0.2, 0.25) is 5.91 Å². The first-order valence-corrected chi connectivity index (χ1v) is 7.67. The normalized spacial score (nSPS) is 10.2. The second kappa shape index (κ2) is 8.15. The Kier molecular flexibility index (Phi) is 5.95. The maximum atomic E-state index is 12.0. The van der Waals surface area contributed by atoms with Crippen LogP contribution in [0.2, 0.25) is 0 Å². The zero-order valence-corrected chi connectivity index (χ0v) is 13.9. The highest BCUT2D eigenvalue weighted by Gasteiger charge is 2.13. The Morgan fingerprint density at radius 2 is 1.79 bits per heavy atom. The maximum Gasteiger partial charge on any atom is 0.323 e. The average Bonchev–Trinajstić information content (AvgIpc) is 2.53. The van der Waals surface area contributed by atoms with Crippen molar-refractivity contribution in [2.45, 2.75) is 20.0 Å². The maximum absolute atomic E-state index is 12.0. The summed E-state index contributed by atoms with van der Waals surface area (Å²) in [4.78, 5) is 23.8. The molecule has 0 aliphatic carbocycles. The van der Waals surface area contributed by atoms with E-state index in [1.54, 1.807) is 0 Å². The zero-order chi connectivity index (χ0) is 17.5. The van der Waals surface area contributed by atoms with E-state index in [1.807, 2.05) is 49.4 Å². The number of rotatable bonds is 7.